The molecule has 108 valence electrons. The molecule has 0 amide bonds. The minimum absolute atomic E-state index is 0.133. The van der Waals surface area contributed by atoms with Crippen molar-refractivity contribution in [3.8, 4) is 5.69 Å². The number of nitrogens with one attached hydrogen (secondary N) is 1. The Morgan fingerprint density at radius 1 is 1.29 bits per heavy atom. The SMILES string of the molecule is CC(O)CNc1nc(Cl)nc2c1cnn2-c1ccccc1. The van der Waals surface area contributed by atoms with Crippen LogP contribution in [0.2, 0.25) is 5.28 Å². The van der Waals surface area contributed by atoms with Crippen LogP contribution in [0.25, 0.3) is 16.7 Å². The van der Waals surface area contributed by atoms with Crippen LogP contribution in [0.5, 0.6) is 0 Å². The quantitative estimate of drug-likeness (QED) is 0.723. The van der Waals surface area contributed by atoms with Crippen molar-refractivity contribution < 1.29 is 5.11 Å². The Morgan fingerprint density at radius 3 is 2.76 bits per heavy atom. The third kappa shape index (κ3) is 2.81. The minimum atomic E-state index is -0.488. The van der Waals surface area contributed by atoms with Crippen LogP contribution in [0.4, 0.5) is 5.82 Å². The third-order valence-electron chi connectivity index (χ3n) is 2.97. The summed E-state index contributed by atoms with van der Waals surface area (Å²) in [5, 5.41) is 17.7. The largest absolute Gasteiger partial charge is 0.392 e. The molecule has 6 nitrogen and oxygen atoms in total. The third-order valence-corrected chi connectivity index (χ3v) is 3.14. The number of nitrogens with zero attached hydrogens (tertiary/aromatic N) is 4. The molecular weight excluding hydrogens is 290 g/mol. The molecule has 3 rings (SSSR count). The molecular formula is C14H14ClN5O. The molecule has 0 fully saturated rings. The molecule has 0 bridgehead atoms. The molecule has 2 aromatic heterocycles. The zero-order valence-corrected chi connectivity index (χ0v) is 12.1. The average molecular weight is 304 g/mol. The van der Waals surface area contributed by atoms with Crippen LogP contribution < -0.4 is 5.32 Å². The van der Waals surface area contributed by atoms with Crippen LogP contribution >= 0.6 is 11.6 Å². The van der Waals surface area contributed by atoms with E-state index in [-0.39, 0.29) is 5.28 Å². The first-order valence-electron chi connectivity index (χ1n) is 6.54. The highest BCUT2D eigenvalue weighted by molar-refractivity contribution is 6.28. The molecule has 7 heteroatoms. The first-order valence-corrected chi connectivity index (χ1v) is 6.91. The molecule has 0 aliphatic rings. The minimum Gasteiger partial charge on any atom is -0.392 e. The second-order valence-corrected chi connectivity index (χ2v) is 5.04. The standard InChI is InChI=1S/C14H14ClN5O/c1-9(21)7-16-12-11-8-17-20(10-5-3-2-4-6-10)13(11)19-14(15)18-12/h2-6,8-9,21H,7H2,1H3,(H,16,18,19). The number of para-hydroxylation sites is 1. The van der Waals surface area contributed by atoms with Gasteiger partial charge in [0.2, 0.25) is 5.28 Å². The van der Waals surface area contributed by atoms with E-state index in [0.29, 0.717) is 18.0 Å². The second-order valence-electron chi connectivity index (χ2n) is 4.70. The number of anilines is 1. The molecule has 0 saturated carbocycles. The summed E-state index contributed by atoms with van der Waals surface area (Å²) >= 11 is 5.99. The van der Waals surface area contributed by atoms with Crippen molar-refractivity contribution in [1.82, 2.24) is 19.7 Å². The number of hydrogen-bond donors (Lipinski definition) is 2. The van der Waals surface area contributed by atoms with E-state index in [2.05, 4.69) is 20.4 Å². The first kappa shape index (κ1) is 13.8. The molecule has 0 aliphatic carbocycles. The van der Waals surface area contributed by atoms with Gasteiger partial charge in [0.1, 0.15) is 5.82 Å². The lowest BCUT2D eigenvalue weighted by Crippen LogP contribution is -2.16. The number of aromatic nitrogens is 4. The van der Waals surface area contributed by atoms with Gasteiger partial charge in [-0.25, -0.2) is 4.68 Å². The van der Waals surface area contributed by atoms with Gasteiger partial charge in [-0.05, 0) is 30.7 Å². The Morgan fingerprint density at radius 2 is 2.05 bits per heavy atom. The second kappa shape index (κ2) is 5.67. The fourth-order valence-corrected chi connectivity index (χ4v) is 2.18. The van der Waals surface area contributed by atoms with Crippen molar-refractivity contribution in [1.29, 1.82) is 0 Å². The van der Waals surface area contributed by atoms with Crippen LogP contribution in [0.1, 0.15) is 6.92 Å². The molecule has 2 N–H and O–H groups in total. The Balaban J connectivity index is 2.10. The number of halogens is 1. The summed E-state index contributed by atoms with van der Waals surface area (Å²) in [5.74, 6) is 0.563. The van der Waals surface area contributed by atoms with E-state index >= 15 is 0 Å². The van der Waals surface area contributed by atoms with Gasteiger partial charge in [-0.1, -0.05) is 18.2 Å². The van der Waals surface area contributed by atoms with Crippen molar-refractivity contribution in [3.63, 3.8) is 0 Å². The van der Waals surface area contributed by atoms with Crippen LogP contribution in [0.15, 0.2) is 36.5 Å². The van der Waals surface area contributed by atoms with Gasteiger partial charge in [0, 0.05) is 6.54 Å². The number of hydrogen-bond acceptors (Lipinski definition) is 5. The Labute approximate surface area is 126 Å². The Kier molecular flexibility index (Phi) is 3.72. The molecule has 1 unspecified atom stereocenters. The highest BCUT2D eigenvalue weighted by atomic mass is 35.5. The van der Waals surface area contributed by atoms with Gasteiger partial charge in [0.15, 0.2) is 5.65 Å². The predicted octanol–water partition coefficient (Wildman–Crippen LogP) is 2.26. The summed E-state index contributed by atoms with van der Waals surface area (Å²) in [4.78, 5) is 8.41. The molecule has 0 aliphatic heterocycles. The van der Waals surface area contributed by atoms with E-state index in [4.69, 9.17) is 11.6 Å². The monoisotopic (exact) mass is 303 g/mol. The van der Waals surface area contributed by atoms with Crippen LogP contribution in [-0.2, 0) is 0 Å². The first-order chi connectivity index (χ1) is 10.1. The summed E-state index contributed by atoms with van der Waals surface area (Å²) in [5.41, 5.74) is 1.51. The molecule has 2 heterocycles. The van der Waals surface area contributed by atoms with Gasteiger partial charge in [-0.2, -0.15) is 15.1 Å². The number of benzene rings is 1. The van der Waals surface area contributed by atoms with E-state index in [9.17, 15) is 5.11 Å². The number of fused-ring (bicyclic) bond motifs is 1. The van der Waals surface area contributed by atoms with E-state index < -0.39 is 6.10 Å². The van der Waals surface area contributed by atoms with E-state index in [1.807, 2.05) is 30.3 Å². The fourth-order valence-electron chi connectivity index (χ4n) is 2.02. The van der Waals surface area contributed by atoms with Crippen molar-refractivity contribution in [2.24, 2.45) is 0 Å². The predicted molar refractivity (Wildman–Crippen MR) is 81.8 cm³/mol. The van der Waals surface area contributed by atoms with Crippen LogP contribution in [0.3, 0.4) is 0 Å². The smallest absolute Gasteiger partial charge is 0.226 e. The molecule has 1 aromatic carbocycles. The topological polar surface area (TPSA) is 75.9 Å². The summed E-state index contributed by atoms with van der Waals surface area (Å²) in [6.45, 7) is 2.07. The number of aliphatic hydroxyl groups excluding tert-OH is 1. The summed E-state index contributed by atoms with van der Waals surface area (Å²) in [6, 6.07) is 9.67. The molecule has 0 saturated heterocycles. The highest BCUT2D eigenvalue weighted by Gasteiger charge is 2.13. The highest BCUT2D eigenvalue weighted by Crippen LogP contribution is 2.24. The zero-order valence-electron chi connectivity index (χ0n) is 11.4. The van der Waals surface area contributed by atoms with Crippen LogP contribution in [0, 0.1) is 0 Å². The van der Waals surface area contributed by atoms with Gasteiger partial charge in [-0.3, -0.25) is 0 Å². The van der Waals surface area contributed by atoms with Gasteiger partial charge in [0.25, 0.3) is 0 Å². The molecule has 0 spiro atoms. The lowest BCUT2D eigenvalue weighted by molar-refractivity contribution is 0.208. The number of aliphatic hydroxyl groups is 1. The van der Waals surface area contributed by atoms with Crippen molar-refractivity contribution in [3.05, 3.63) is 41.8 Å². The maximum Gasteiger partial charge on any atom is 0.226 e. The zero-order chi connectivity index (χ0) is 14.8. The molecule has 0 radical (unpaired) electrons. The maximum atomic E-state index is 9.38. The molecule has 21 heavy (non-hydrogen) atoms. The summed E-state index contributed by atoms with van der Waals surface area (Å²) in [6.07, 6.45) is 1.20. The van der Waals surface area contributed by atoms with Gasteiger partial charge in [0.05, 0.1) is 23.4 Å². The van der Waals surface area contributed by atoms with E-state index in [0.717, 1.165) is 11.1 Å². The van der Waals surface area contributed by atoms with Crippen LogP contribution in [-0.4, -0.2) is 37.5 Å². The van der Waals surface area contributed by atoms with E-state index in [1.54, 1.807) is 17.8 Å². The Hall–Kier alpha value is -2.18. The van der Waals surface area contributed by atoms with Gasteiger partial charge >= 0.3 is 0 Å². The summed E-state index contributed by atoms with van der Waals surface area (Å²) in [7, 11) is 0. The van der Waals surface area contributed by atoms with Crippen molar-refractivity contribution in [2.75, 3.05) is 11.9 Å². The molecule has 1 atom stereocenters. The average Bonchev–Trinajstić information content (AvgIpc) is 2.89. The lowest BCUT2D eigenvalue weighted by Gasteiger charge is -2.09. The molecule has 3 aromatic rings. The maximum absolute atomic E-state index is 9.38. The Bertz CT molecular complexity index is 757. The van der Waals surface area contributed by atoms with Gasteiger partial charge < -0.3 is 10.4 Å². The fraction of sp³-hybridized carbons (Fsp3) is 0.214. The van der Waals surface area contributed by atoms with Crippen molar-refractivity contribution >= 4 is 28.5 Å². The normalized spacial score (nSPS) is 12.5. The summed E-state index contributed by atoms with van der Waals surface area (Å²) < 4.78 is 1.70. The van der Waals surface area contributed by atoms with E-state index in [1.165, 1.54) is 0 Å². The van der Waals surface area contributed by atoms with Gasteiger partial charge in [-0.15, -0.1) is 0 Å². The number of rotatable bonds is 4. The van der Waals surface area contributed by atoms with Crippen molar-refractivity contribution in [2.45, 2.75) is 13.0 Å². The lowest BCUT2D eigenvalue weighted by atomic mass is 10.3.